The number of methoxy groups -OCH3 is 1. The van der Waals surface area contributed by atoms with Gasteiger partial charge in [0, 0.05) is 25.4 Å². The molecule has 0 saturated heterocycles. The van der Waals surface area contributed by atoms with Crippen LogP contribution in [0, 0.1) is 5.82 Å². The monoisotopic (exact) mass is 302 g/mol. The van der Waals surface area contributed by atoms with Gasteiger partial charge in [-0.2, -0.15) is 0 Å². The average molecular weight is 302 g/mol. The summed E-state index contributed by atoms with van der Waals surface area (Å²) in [5.74, 6) is -0.231. The fraction of sp³-hybridized carbons (Fsp3) is 0.188. The molecule has 0 aliphatic carbocycles. The van der Waals surface area contributed by atoms with Crippen LogP contribution in [0.1, 0.15) is 11.1 Å². The first-order valence-electron chi connectivity index (χ1n) is 6.60. The first-order valence-corrected chi connectivity index (χ1v) is 7.48. The van der Waals surface area contributed by atoms with Crippen LogP contribution in [0.15, 0.2) is 41.9 Å². The molecule has 0 atom stereocenters. The van der Waals surface area contributed by atoms with Crippen LogP contribution in [0.4, 0.5) is 10.1 Å². The van der Waals surface area contributed by atoms with E-state index < -0.39 is 0 Å². The Morgan fingerprint density at radius 3 is 3.05 bits per heavy atom. The fourth-order valence-electron chi connectivity index (χ4n) is 2.21. The zero-order chi connectivity index (χ0) is 14.7. The summed E-state index contributed by atoms with van der Waals surface area (Å²) in [6.45, 7) is 0.915. The van der Waals surface area contributed by atoms with Crippen molar-refractivity contribution < 1.29 is 9.13 Å². The van der Waals surface area contributed by atoms with Gasteiger partial charge in [-0.15, -0.1) is 11.3 Å². The van der Waals surface area contributed by atoms with E-state index >= 15 is 0 Å². The minimum absolute atomic E-state index is 0.231. The number of rotatable bonds is 5. The zero-order valence-corrected chi connectivity index (χ0v) is 12.4. The number of nitrogens with one attached hydrogen (secondary N) is 1. The second-order valence-corrected chi connectivity index (χ2v) is 5.62. The number of halogens is 1. The van der Waals surface area contributed by atoms with Crippen molar-refractivity contribution in [3.8, 4) is 0 Å². The Morgan fingerprint density at radius 2 is 2.19 bits per heavy atom. The molecule has 0 bridgehead atoms. The first kappa shape index (κ1) is 14.0. The standard InChI is InChI=1S/C16H15FN2OS/c1-20-10-12-8-11(2-3-13(12)17)9-19-14-4-6-18-15-5-7-21-16(14)15/h2-8H,9-10H2,1H3,(H,18,19). The second-order valence-electron chi connectivity index (χ2n) is 4.71. The van der Waals surface area contributed by atoms with Crippen molar-refractivity contribution in [2.75, 3.05) is 12.4 Å². The lowest BCUT2D eigenvalue weighted by molar-refractivity contribution is 0.181. The Labute approximate surface area is 126 Å². The van der Waals surface area contributed by atoms with Gasteiger partial charge >= 0.3 is 0 Å². The lowest BCUT2D eigenvalue weighted by Gasteiger charge is -2.09. The van der Waals surface area contributed by atoms with Gasteiger partial charge in [0.05, 0.1) is 22.5 Å². The number of hydrogen-bond acceptors (Lipinski definition) is 4. The van der Waals surface area contributed by atoms with Gasteiger partial charge in [0.25, 0.3) is 0 Å². The Hall–Kier alpha value is -1.98. The average Bonchev–Trinajstić information content (AvgIpc) is 2.97. The highest BCUT2D eigenvalue weighted by atomic mass is 32.1. The van der Waals surface area contributed by atoms with Gasteiger partial charge in [0.1, 0.15) is 5.82 Å². The van der Waals surface area contributed by atoms with Crippen LogP contribution in [0.2, 0.25) is 0 Å². The predicted octanol–water partition coefficient (Wildman–Crippen LogP) is 4.19. The number of anilines is 1. The SMILES string of the molecule is COCc1cc(CNc2ccnc3ccsc23)ccc1F. The van der Waals surface area contributed by atoms with Gasteiger partial charge < -0.3 is 10.1 Å². The predicted molar refractivity (Wildman–Crippen MR) is 84.1 cm³/mol. The molecule has 5 heteroatoms. The van der Waals surface area contributed by atoms with Crippen molar-refractivity contribution in [3.63, 3.8) is 0 Å². The van der Waals surface area contributed by atoms with Crippen molar-refractivity contribution in [3.05, 3.63) is 58.9 Å². The molecule has 0 fully saturated rings. The minimum Gasteiger partial charge on any atom is -0.380 e. The Kier molecular flexibility index (Phi) is 4.13. The van der Waals surface area contributed by atoms with E-state index in [4.69, 9.17) is 4.74 Å². The molecule has 0 spiro atoms. The third-order valence-electron chi connectivity index (χ3n) is 3.24. The summed E-state index contributed by atoms with van der Waals surface area (Å²) in [5.41, 5.74) is 3.63. The van der Waals surface area contributed by atoms with E-state index in [-0.39, 0.29) is 12.4 Å². The van der Waals surface area contributed by atoms with Crippen molar-refractivity contribution in [1.29, 1.82) is 0 Å². The third kappa shape index (κ3) is 3.04. The molecule has 1 N–H and O–H groups in total. The van der Waals surface area contributed by atoms with Gasteiger partial charge in [-0.25, -0.2) is 4.39 Å². The summed E-state index contributed by atoms with van der Waals surface area (Å²) in [6, 6.07) is 9.06. The molecule has 0 aliphatic heterocycles. The minimum atomic E-state index is -0.231. The van der Waals surface area contributed by atoms with E-state index in [0.717, 1.165) is 21.5 Å². The molecular formula is C16H15FN2OS. The highest BCUT2D eigenvalue weighted by Gasteiger charge is 2.05. The van der Waals surface area contributed by atoms with Gasteiger partial charge in [-0.05, 0) is 35.2 Å². The highest BCUT2D eigenvalue weighted by molar-refractivity contribution is 7.17. The lowest BCUT2D eigenvalue weighted by Crippen LogP contribution is -2.02. The van der Waals surface area contributed by atoms with Crippen LogP contribution in [-0.2, 0) is 17.9 Å². The maximum absolute atomic E-state index is 13.6. The van der Waals surface area contributed by atoms with Crippen molar-refractivity contribution in [2.24, 2.45) is 0 Å². The van der Waals surface area contributed by atoms with Gasteiger partial charge in [0.2, 0.25) is 0 Å². The Morgan fingerprint density at radius 1 is 1.29 bits per heavy atom. The number of pyridine rings is 1. The molecule has 0 unspecified atom stereocenters. The number of thiophene rings is 1. The molecule has 2 aromatic heterocycles. The Bertz CT molecular complexity index is 757. The van der Waals surface area contributed by atoms with Crippen LogP contribution in [0.3, 0.4) is 0 Å². The normalized spacial score (nSPS) is 11.0. The summed E-state index contributed by atoms with van der Waals surface area (Å²) in [5, 5.41) is 5.41. The molecule has 0 saturated carbocycles. The largest absolute Gasteiger partial charge is 0.380 e. The maximum Gasteiger partial charge on any atom is 0.128 e. The Balaban J connectivity index is 1.78. The molecule has 0 amide bonds. The number of hydrogen-bond donors (Lipinski definition) is 1. The molecule has 3 rings (SSSR count). The van der Waals surface area contributed by atoms with Gasteiger partial charge in [0.15, 0.2) is 0 Å². The highest BCUT2D eigenvalue weighted by Crippen LogP contribution is 2.27. The van der Waals surface area contributed by atoms with Crippen LogP contribution < -0.4 is 5.32 Å². The van der Waals surface area contributed by atoms with Crippen molar-refractivity contribution in [2.45, 2.75) is 13.2 Å². The number of aromatic nitrogens is 1. The van der Waals surface area contributed by atoms with Crippen LogP contribution in [-0.4, -0.2) is 12.1 Å². The molecule has 1 aromatic carbocycles. The van der Waals surface area contributed by atoms with Crippen LogP contribution in [0.25, 0.3) is 10.2 Å². The summed E-state index contributed by atoms with van der Waals surface area (Å²) in [7, 11) is 1.56. The first-order chi connectivity index (χ1) is 10.3. The topological polar surface area (TPSA) is 34.1 Å². The summed E-state index contributed by atoms with van der Waals surface area (Å²) < 4.78 is 19.7. The molecule has 3 aromatic rings. The van der Waals surface area contributed by atoms with E-state index in [1.165, 1.54) is 6.07 Å². The van der Waals surface area contributed by atoms with E-state index in [1.54, 1.807) is 30.7 Å². The molecule has 21 heavy (non-hydrogen) atoms. The number of fused-ring (bicyclic) bond motifs is 1. The van der Waals surface area contributed by atoms with Crippen LogP contribution in [0.5, 0.6) is 0 Å². The maximum atomic E-state index is 13.6. The molecule has 0 radical (unpaired) electrons. The number of ether oxygens (including phenoxy) is 1. The summed E-state index contributed by atoms with van der Waals surface area (Å²) in [6.07, 6.45) is 1.79. The molecule has 108 valence electrons. The molecule has 0 aliphatic rings. The van der Waals surface area contributed by atoms with Crippen molar-refractivity contribution >= 4 is 27.2 Å². The van der Waals surface area contributed by atoms with E-state index in [0.29, 0.717) is 12.1 Å². The van der Waals surface area contributed by atoms with Crippen molar-refractivity contribution in [1.82, 2.24) is 4.98 Å². The fourth-order valence-corrected chi connectivity index (χ4v) is 3.06. The second kappa shape index (κ2) is 6.20. The van der Waals surface area contributed by atoms with E-state index in [2.05, 4.69) is 10.3 Å². The summed E-state index contributed by atoms with van der Waals surface area (Å²) in [4.78, 5) is 4.31. The van der Waals surface area contributed by atoms with Crippen LogP contribution >= 0.6 is 11.3 Å². The molecular weight excluding hydrogens is 287 g/mol. The summed E-state index contributed by atoms with van der Waals surface area (Å²) >= 11 is 1.66. The molecule has 3 nitrogen and oxygen atoms in total. The lowest BCUT2D eigenvalue weighted by atomic mass is 10.1. The quantitative estimate of drug-likeness (QED) is 0.767. The van der Waals surface area contributed by atoms with Gasteiger partial charge in [-0.1, -0.05) is 6.07 Å². The number of nitrogens with zero attached hydrogens (tertiary/aromatic N) is 1. The van der Waals surface area contributed by atoms with Gasteiger partial charge in [-0.3, -0.25) is 4.98 Å². The molecule has 2 heterocycles. The van der Waals surface area contributed by atoms with E-state index in [9.17, 15) is 4.39 Å². The number of benzene rings is 1. The third-order valence-corrected chi connectivity index (χ3v) is 4.17. The van der Waals surface area contributed by atoms with E-state index in [1.807, 2.05) is 23.6 Å². The smallest absolute Gasteiger partial charge is 0.128 e. The zero-order valence-electron chi connectivity index (χ0n) is 11.6.